The van der Waals surface area contributed by atoms with Gasteiger partial charge in [-0.3, -0.25) is 9.78 Å². The van der Waals surface area contributed by atoms with Crippen molar-refractivity contribution in [1.82, 2.24) is 4.98 Å². The minimum Gasteiger partial charge on any atom is -0.497 e. The summed E-state index contributed by atoms with van der Waals surface area (Å²) in [6.45, 7) is 4.12. The number of hydrogen-bond donors (Lipinski definition) is 1. The van der Waals surface area contributed by atoms with Gasteiger partial charge in [-0.1, -0.05) is 29.3 Å². The average molecular weight is 332 g/mol. The molecule has 4 heteroatoms. The predicted molar refractivity (Wildman–Crippen MR) is 100 cm³/mol. The molecule has 0 fully saturated rings. The maximum atomic E-state index is 12.5. The third kappa shape index (κ3) is 4.04. The van der Waals surface area contributed by atoms with E-state index in [1.165, 1.54) is 11.1 Å². The largest absolute Gasteiger partial charge is 0.497 e. The Hall–Kier alpha value is -3.14. The van der Waals surface area contributed by atoms with Crippen LogP contribution >= 0.6 is 0 Å². The second kappa shape index (κ2) is 7.18. The summed E-state index contributed by atoms with van der Waals surface area (Å²) < 4.78 is 5.12. The summed E-state index contributed by atoms with van der Waals surface area (Å²) in [5.41, 5.74) is 5.58. The van der Waals surface area contributed by atoms with Crippen LogP contribution in [0.15, 0.2) is 60.9 Å². The van der Waals surface area contributed by atoms with E-state index in [0.29, 0.717) is 11.3 Å². The maximum Gasteiger partial charge on any atom is 0.257 e. The fraction of sp³-hybridized carbons (Fsp3) is 0.143. The monoisotopic (exact) mass is 332 g/mol. The molecule has 0 aliphatic heterocycles. The van der Waals surface area contributed by atoms with Crippen LogP contribution in [-0.4, -0.2) is 18.0 Å². The van der Waals surface area contributed by atoms with Crippen molar-refractivity contribution in [2.24, 2.45) is 0 Å². The number of hydrogen-bond acceptors (Lipinski definition) is 3. The number of aryl methyl sites for hydroxylation is 2. The van der Waals surface area contributed by atoms with Crippen molar-refractivity contribution in [2.45, 2.75) is 13.8 Å². The second-order valence-electron chi connectivity index (χ2n) is 6.02. The van der Waals surface area contributed by atoms with Crippen LogP contribution in [-0.2, 0) is 0 Å². The number of methoxy groups -OCH3 is 1. The summed E-state index contributed by atoms with van der Waals surface area (Å²) in [6, 6.07) is 15.4. The summed E-state index contributed by atoms with van der Waals surface area (Å²) in [7, 11) is 1.61. The maximum absolute atomic E-state index is 12.5. The van der Waals surface area contributed by atoms with Crippen molar-refractivity contribution in [2.75, 3.05) is 12.4 Å². The molecule has 3 rings (SSSR count). The molecule has 4 nitrogen and oxygen atoms in total. The number of ether oxygens (including phenoxy) is 1. The van der Waals surface area contributed by atoms with Gasteiger partial charge >= 0.3 is 0 Å². The van der Waals surface area contributed by atoms with Crippen LogP contribution in [0, 0.1) is 13.8 Å². The van der Waals surface area contributed by atoms with E-state index in [4.69, 9.17) is 4.74 Å². The molecule has 0 spiro atoms. The fourth-order valence-corrected chi connectivity index (χ4v) is 2.74. The zero-order valence-electron chi connectivity index (χ0n) is 14.5. The van der Waals surface area contributed by atoms with Crippen molar-refractivity contribution in [3.05, 3.63) is 77.6 Å². The fourth-order valence-electron chi connectivity index (χ4n) is 2.74. The lowest BCUT2D eigenvalue weighted by atomic mass is 10.0. The Kier molecular flexibility index (Phi) is 4.80. The van der Waals surface area contributed by atoms with Gasteiger partial charge in [0.05, 0.1) is 12.7 Å². The highest BCUT2D eigenvalue weighted by atomic mass is 16.5. The van der Waals surface area contributed by atoms with Crippen molar-refractivity contribution >= 4 is 11.6 Å². The molecule has 0 aliphatic carbocycles. The lowest BCUT2D eigenvalue weighted by molar-refractivity contribution is 0.102. The lowest BCUT2D eigenvalue weighted by Gasteiger charge is -2.09. The Morgan fingerprint density at radius 3 is 2.24 bits per heavy atom. The molecule has 1 amide bonds. The number of amides is 1. The highest BCUT2D eigenvalue weighted by Crippen LogP contribution is 2.23. The molecule has 1 heterocycles. The quantitative estimate of drug-likeness (QED) is 0.758. The third-order valence-electron chi connectivity index (χ3n) is 3.90. The summed E-state index contributed by atoms with van der Waals surface area (Å²) in [6.07, 6.45) is 3.35. The van der Waals surface area contributed by atoms with Crippen LogP contribution in [0.3, 0.4) is 0 Å². The Labute approximate surface area is 147 Å². The first-order valence-corrected chi connectivity index (χ1v) is 8.04. The van der Waals surface area contributed by atoms with Crippen LogP contribution in [0.5, 0.6) is 5.75 Å². The van der Waals surface area contributed by atoms with Crippen LogP contribution in [0.2, 0.25) is 0 Å². The van der Waals surface area contributed by atoms with Crippen LogP contribution in [0.4, 0.5) is 5.69 Å². The Morgan fingerprint density at radius 2 is 1.60 bits per heavy atom. The number of carbonyl (C=O) groups is 1. The number of nitrogens with one attached hydrogen (secondary N) is 1. The molecule has 0 unspecified atom stereocenters. The van der Waals surface area contributed by atoms with E-state index < -0.39 is 0 Å². The molecule has 0 saturated heterocycles. The zero-order chi connectivity index (χ0) is 17.8. The van der Waals surface area contributed by atoms with Crippen LogP contribution < -0.4 is 10.1 Å². The van der Waals surface area contributed by atoms with Gasteiger partial charge in [0, 0.05) is 23.6 Å². The standard InChI is InChI=1S/C21H20N2O2/c1-14-8-15(2)10-16(9-14)17-11-18(13-22-12-17)21(24)23-19-4-6-20(25-3)7-5-19/h4-13H,1-3H3,(H,23,24). The first kappa shape index (κ1) is 16.7. The second-order valence-corrected chi connectivity index (χ2v) is 6.02. The van der Waals surface area contributed by atoms with Gasteiger partial charge in [0.25, 0.3) is 5.91 Å². The van der Waals surface area contributed by atoms with Gasteiger partial charge in [-0.2, -0.15) is 0 Å². The number of nitrogens with zero attached hydrogens (tertiary/aromatic N) is 1. The van der Waals surface area contributed by atoms with E-state index in [1.54, 1.807) is 43.8 Å². The van der Waals surface area contributed by atoms with Crippen molar-refractivity contribution < 1.29 is 9.53 Å². The van der Waals surface area contributed by atoms with Crippen molar-refractivity contribution in [1.29, 1.82) is 0 Å². The van der Waals surface area contributed by atoms with Crippen molar-refractivity contribution in [3.63, 3.8) is 0 Å². The molecule has 0 aliphatic rings. The Morgan fingerprint density at radius 1 is 0.920 bits per heavy atom. The molecule has 2 aromatic carbocycles. The van der Waals surface area contributed by atoms with E-state index in [1.807, 2.05) is 6.07 Å². The summed E-state index contributed by atoms with van der Waals surface area (Å²) in [5, 5.41) is 2.88. The van der Waals surface area contributed by atoms with Gasteiger partial charge in [-0.15, -0.1) is 0 Å². The normalized spacial score (nSPS) is 10.4. The zero-order valence-corrected chi connectivity index (χ0v) is 14.5. The SMILES string of the molecule is COc1ccc(NC(=O)c2cncc(-c3cc(C)cc(C)c3)c2)cc1. The summed E-state index contributed by atoms with van der Waals surface area (Å²) >= 11 is 0. The topological polar surface area (TPSA) is 51.2 Å². The molecular formula is C21H20N2O2. The molecule has 3 aromatic rings. The van der Waals surface area contributed by atoms with Gasteiger partial charge in [0.1, 0.15) is 5.75 Å². The van der Waals surface area contributed by atoms with Gasteiger partial charge < -0.3 is 10.1 Å². The predicted octanol–water partition coefficient (Wildman–Crippen LogP) is 4.63. The molecule has 1 aromatic heterocycles. The van der Waals surface area contributed by atoms with E-state index in [0.717, 1.165) is 16.9 Å². The molecule has 0 atom stereocenters. The minimum absolute atomic E-state index is 0.191. The number of anilines is 1. The van der Waals surface area contributed by atoms with Gasteiger partial charge in [0.2, 0.25) is 0 Å². The number of benzene rings is 2. The molecular weight excluding hydrogens is 312 g/mol. The molecule has 0 bridgehead atoms. The van der Waals surface area contributed by atoms with Gasteiger partial charge in [0.15, 0.2) is 0 Å². The van der Waals surface area contributed by atoms with Gasteiger partial charge in [-0.05, 0) is 49.7 Å². The minimum atomic E-state index is -0.191. The van der Waals surface area contributed by atoms with Crippen LogP contribution in [0.1, 0.15) is 21.5 Å². The average Bonchev–Trinajstić information content (AvgIpc) is 2.61. The number of carbonyl (C=O) groups excluding carboxylic acids is 1. The van der Waals surface area contributed by atoms with E-state index in [-0.39, 0.29) is 5.91 Å². The molecule has 0 radical (unpaired) electrons. The van der Waals surface area contributed by atoms with Crippen LogP contribution in [0.25, 0.3) is 11.1 Å². The number of rotatable bonds is 4. The Bertz CT molecular complexity index is 882. The van der Waals surface area contributed by atoms with E-state index >= 15 is 0 Å². The smallest absolute Gasteiger partial charge is 0.257 e. The molecule has 1 N–H and O–H groups in total. The first-order valence-electron chi connectivity index (χ1n) is 8.04. The van der Waals surface area contributed by atoms with E-state index in [9.17, 15) is 4.79 Å². The van der Waals surface area contributed by atoms with Gasteiger partial charge in [-0.25, -0.2) is 0 Å². The first-order chi connectivity index (χ1) is 12.0. The molecule has 126 valence electrons. The Balaban J connectivity index is 1.83. The molecule has 0 saturated carbocycles. The lowest BCUT2D eigenvalue weighted by Crippen LogP contribution is -2.12. The third-order valence-corrected chi connectivity index (χ3v) is 3.90. The summed E-state index contributed by atoms with van der Waals surface area (Å²) in [5.74, 6) is 0.556. The highest BCUT2D eigenvalue weighted by Gasteiger charge is 2.09. The highest BCUT2D eigenvalue weighted by molar-refractivity contribution is 6.04. The number of aromatic nitrogens is 1. The van der Waals surface area contributed by atoms with E-state index in [2.05, 4.69) is 42.3 Å². The molecule has 25 heavy (non-hydrogen) atoms. The van der Waals surface area contributed by atoms with Crippen molar-refractivity contribution in [3.8, 4) is 16.9 Å². The number of pyridine rings is 1. The summed E-state index contributed by atoms with van der Waals surface area (Å²) in [4.78, 5) is 16.7.